The van der Waals surface area contributed by atoms with E-state index >= 15 is 0 Å². The Morgan fingerprint density at radius 3 is 2.65 bits per heavy atom. The average Bonchev–Trinajstić information content (AvgIpc) is 2.58. The highest BCUT2D eigenvalue weighted by atomic mass is 32.2. The van der Waals surface area contributed by atoms with Crippen LogP contribution >= 0.6 is 0 Å². The van der Waals surface area contributed by atoms with Crippen molar-refractivity contribution in [3.63, 3.8) is 0 Å². The summed E-state index contributed by atoms with van der Waals surface area (Å²) < 4.78 is 38.6. The lowest BCUT2D eigenvalue weighted by atomic mass is 10.00. The van der Waals surface area contributed by atoms with Gasteiger partial charge in [0.1, 0.15) is 10.7 Å². The third kappa shape index (κ3) is 3.03. The van der Waals surface area contributed by atoms with Gasteiger partial charge in [0.05, 0.1) is 10.7 Å². The molecule has 0 bridgehead atoms. The molecule has 26 heavy (non-hydrogen) atoms. The zero-order valence-corrected chi connectivity index (χ0v) is 14.5. The molecule has 6 nitrogen and oxygen atoms in total. The van der Waals surface area contributed by atoms with Crippen molar-refractivity contribution in [2.45, 2.75) is 18.2 Å². The molecule has 1 heterocycles. The number of nitro groups is 1. The minimum absolute atomic E-state index is 0.0540. The van der Waals surface area contributed by atoms with E-state index in [4.69, 9.17) is 0 Å². The summed E-state index contributed by atoms with van der Waals surface area (Å²) in [6.07, 6.45) is 1.77. The van der Waals surface area contributed by atoms with Crippen LogP contribution in [0.25, 0.3) is 6.08 Å². The summed E-state index contributed by atoms with van der Waals surface area (Å²) in [7, 11) is -4.01. The third-order valence-electron chi connectivity index (χ3n) is 4.19. The topological polar surface area (TPSA) is 94.3 Å². The molecule has 0 atom stereocenters. The maximum atomic E-state index is 13.9. The van der Waals surface area contributed by atoms with Crippen molar-refractivity contribution in [2.24, 2.45) is 0 Å². The van der Waals surface area contributed by atoms with Crippen molar-refractivity contribution in [3.8, 4) is 0 Å². The Bertz CT molecular complexity index is 1070. The summed E-state index contributed by atoms with van der Waals surface area (Å²) in [5.74, 6) is -2.21. The largest absolute Gasteiger partial charge is 0.289 e. The molecule has 0 saturated carbocycles. The lowest BCUT2D eigenvalue weighted by Gasteiger charge is -2.18. The molecule has 3 rings (SSSR count). The molecule has 2 aromatic rings. The van der Waals surface area contributed by atoms with E-state index in [1.165, 1.54) is 24.3 Å². The van der Waals surface area contributed by atoms with Gasteiger partial charge in [0, 0.05) is 22.8 Å². The van der Waals surface area contributed by atoms with E-state index in [0.717, 1.165) is 6.07 Å². The Balaban J connectivity index is 2.13. The molecule has 0 amide bonds. The van der Waals surface area contributed by atoms with Crippen LogP contribution < -0.4 is 0 Å². The fourth-order valence-corrected chi connectivity index (χ4v) is 4.60. The number of Topliss-reactive ketones (excluding diaryl/α,β-unsaturated/α-hetero) is 1. The maximum Gasteiger partial charge on any atom is 0.273 e. The quantitative estimate of drug-likeness (QED) is 0.466. The van der Waals surface area contributed by atoms with Gasteiger partial charge in [-0.1, -0.05) is 25.1 Å². The van der Waals surface area contributed by atoms with Crippen molar-refractivity contribution in [1.29, 1.82) is 0 Å². The Kier molecular flexibility index (Phi) is 4.45. The number of hydrogen-bond acceptors (Lipinski definition) is 5. The predicted octanol–water partition coefficient (Wildman–Crippen LogP) is 3.35. The normalized spacial score (nSPS) is 17.2. The molecule has 1 aliphatic rings. The second kappa shape index (κ2) is 6.45. The van der Waals surface area contributed by atoms with E-state index in [2.05, 4.69) is 0 Å². The summed E-state index contributed by atoms with van der Waals surface area (Å²) >= 11 is 0. The average molecular weight is 375 g/mol. The smallest absolute Gasteiger partial charge is 0.273 e. The summed E-state index contributed by atoms with van der Waals surface area (Å²) in [6, 6.07) is 7.97. The fraction of sp³-hybridized carbons (Fsp3) is 0.167. The second-order valence-corrected chi connectivity index (χ2v) is 7.80. The Morgan fingerprint density at radius 1 is 1.27 bits per heavy atom. The molecule has 1 aliphatic heterocycles. The molecule has 0 fully saturated rings. The van der Waals surface area contributed by atoms with Gasteiger partial charge >= 0.3 is 0 Å². The standard InChI is InChI=1S/C18H14FNO5S/c1-2-12-7-6-11(9-16(12)20(22)23)8-13-10-26(24,25)18-14(17(13)21)4-3-5-15(18)19/h3-9H,2,10H2,1H3/b13-8-. The monoisotopic (exact) mass is 375 g/mol. The minimum Gasteiger partial charge on any atom is -0.289 e. The zero-order chi connectivity index (χ0) is 19.1. The molecule has 0 unspecified atom stereocenters. The summed E-state index contributed by atoms with van der Waals surface area (Å²) in [5, 5.41) is 11.2. The van der Waals surface area contributed by atoms with Gasteiger partial charge in [-0.15, -0.1) is 0 Å². The molecule has 0 radical (unpaired) electrons. The number of carbonyl (C=O) groups excluding carboxylic acids is 1. The number of rotatable bonds is 3. The van der Waals surface area contributed by atoms with Crippen molar-refractivity contribution in [3.05, 3.63) is 74.6 Å². The molecule has 0 N–H and O–H groups in total. The Labute approximate surface area is 149 Å². The van der Waals surface area contributed by atoms with Gasteiger partial charge in [0.2, 0.25) is 0 Å². The third-order valence-corrected chi connectivity index (χ3v) is 5.92. The highest BCUT2D eigenvalue weighted by Gasteiger charge is 2.35. The number of halogens is 1. The summed E-state index contributed by atoms with van der Waals surface area (Å²) in [4.78, 5) is 22.6. The first-order valence-electron chi connectivity index (χ1n) is 7.78. The van der Waals surface area contributed by atoms with E-state index in [1.807, 2.05) is 0 Å². The van der Waals surface area contributed by atoms with Gasteiger partial charge in [0.25, 0.3) is 5.69 Å². The number of aryl methyl sites for hydroxylation is 1. The Hall–Kier alpha value is -2.87. The number of nitrogens with zero attached hydrogens (tertiary/aromatic N) is 1. The number of benzene rings is 2. The van der Waals surface area contributed by atoms with Crippen LogP contribution in [0.1, 0.15) is 28.4 Å². The van der Waals surface area contributed by atoms with Gasteiger partial charge in [-0.25, -0.2) is 12.8 Å². The lowest BCUT2D eigenvalue weighted by molar-refractivity contribution is -0.385. The van der Waals surface area contributed by atoms with Crippen LogP contribution in [0.2, 0.25) is 0 Å². The van der Waals surface area contributed by atoms with Crippen LogP contribution in [0.3, 0.4) is 0 Å². The van der Waals surface area contributed by atoms with Gasteiger partial charge < -0.3 is 0 Å². The van der Waals surface area contributed by atoms with Gasteiger partial charge in [-0.3, -0.25) is 14.9 Å². The molecule has 134 valence electrons. The van der Waals surface area contributed by atoms with E-state index in [0.29, 0.717) is 17.5 Å². The molecule has 8 heteroatoms. The van der Waals surface area contributed by atoms with E-state index in [-0.39, 0.29) is 16.8 Å². The number of fused-ring (bicyclic) bond motifs is 1. The summed E-state index contributed by atoms with van der Waals surface area (Å²) in [5.41, 5.74) is 0.502. The fourth-order valence-electron chi connectivity index (χ4n) is 2.97. The molecule has 0 aliphatic carbocycles. The van der Waals surface area contributed by atoms with Crippen LogP contribution in [-0.4, -0.2) is 24.9 Å². The number of nitro benzene ring substituents is 1. The highest BCUT2D eigenvalue weighted by molar-refractivity contribution is 7.92. The van der Waals surface area contributed by atoms with E-state index in [9.17, 15) is 27.7 Å². The van der Waals surface area contributed by atoms with Crippen LogP contribution in [0.4, 0.5) is 10.1 Å². The number of sulfone groups is 1. The SMILES string of the molecule is CCc1ccc(/C=C2/CS(=O)(=O)c3c(F)cccc3C2=O)cc1[N+](=O)[O-]. The predicted molar refractivity (Wildman–Crippen MR) is 93.2 cm³/mol. The molecular weight excluding hydrogens is 361 g/mol. The number of ketones is 1. The van der Waals surface area contributed by atoms with Gasteiger partial charge in [0.15, 0.2) is 15.6 Å². The first kappa shape index (κ1) is 17.9. The van der Waals surface area contributed by atoms with Crippen LogP contribution in [-0.2, 0) is 16.3 Å². The van der Waals surface area contributed by atoms with Crippen molar-refractivity contribution in [1.82, 2.24) is 0 Å². The molecule has 2 aromatic carbocycles. The van der Waals surface area contributed by atoms with E-state index in [1.54, 1.807) is 19.1 Å². The highest BCUT2D eigenvalue weighted by Crippen LogP contribution is 2.31. The zero-order valence-electron chi connectivity index (χ0n) is 13.7. The minimum atomic E-state index is -4.01. The first-order chi connectivity index (χ1) is 12.2. The molecule has 0 aromatic heterocycles. The summed E-state index contributed by atoms with van der Waals surface area (Å²) in [6.45, 7) is 1.78. The van der Waals surface area contributed by atoms with Gasteiger partial charge in [-0.2, -0.15) is 0 Å². The van der Waals surface area contributed by atoms with Gasteiger partial charge in [-0.05, 0) is 30.2 Å². The van der Waals surface area contributed by atoms with Crippen LogP contribution in [0.5, 0.6) is 0 Å². The van der Waals surface area contributed by atoms with E-state index < -0.39 is 37.0 Å². The molecule has 0 spiro atoms. The van der Waals surface area contributed by atoms with Crippen molar-refractivity contribution >= 4 is 27.4 Å². The number of carbonyl (C=O) groups is 1. The van der Waals surface area contributed by atoms with Crippen LogP contribution in [0, 0.1) is 15.9 Å². The van der Waals surface area contributed by atoms with Crippen molar-refractivity contribution < 1.29 is 22.5 Å². The Morgan fingerprint density at radius 2 is 2.00 bits per heavy atom. The maximum absolute atomic E-state index is 13.9. The van der Waals surface area contributed by atoms with Crippen molar-refractivity contribution in [2.75, 3.05) is 5.75 Å². The molecule has 0 saturated heterocycles. The van der Waals surface area contributed by atoms with Crippen LogP contribution in [0.15, 0.2) is 46.9 Å². The number of hydrogen-bond donors (Lipinski definition) is 0. The molecular formula is C18H14FNO5S. The first-order valence-corrected chi connectivity index (χ1v) is 9.43. The lowest BCUT2D eigenvalue weighted by Crippen LogP contribution is -2.25. The second-order valence-electron chi connectivity index (χ2n) is 5.87.